The molecular weight excluding hydrogens is 350 g/mol. The molecular formula is C20H23NO4S. The summed E-state index contributed by atoms with van der Waals surface area (Å²) >= 11 is 0. The topological polar surface area (TPSA) is 72.5 Å². The van der Waals surface area contributed by atoms with Gasteiger partial charge < -0.3 is 4.74 Å². The molecule has 26 heavy (non-hydrogen) atoms. The Balaban J connectivity index is 2.31. The highest BCUT2D eigenvalue weighted by molar-refractivity contribution is 7.89. The Morgan fingerprint density at radius 2 is 1.73 bits per heavy atom. The molecule has 0 fully saturated rings. The molecule has 0 amide bonds. The minimum Gasteiger partial charge on any atom is -0.463 e. The SMILES string of the molecule is CCOC(=O)/C(=C/c1ccccc1)[C@@H](C)NS(=O)(=O)c1ccc(C)cc1. The highest BCUT2D eigenvalue weighted by atomic mass is 32.2. The van der Waals surface area contributed by atoms with E-state index in [4.69, 9.17) is 4.74 Å². The number of ether oxygens (including phenoxy) is 1. The van der Waals surface area contributed by atoms with E-state index in [2.05, 4.69) is 4.72 Å². The fraction of sp³-hybridized carbons (Fsp3) is 0.250. The zero-order valence-corrected chi connectivity index (χ0v) is 15.9. The maximum Gasteiger partial charge on any atom is 0.335 e. The predicted molar refractivity (Wildman–Crippen MR) is 102 cm³/mol. The minimum atomic E-state index is -3.76. The molecule has 2 aromatic rings. The zero-order valence-electron chi connectivity index (χ0n) is 15.1. The Hall–Kier alpha value is -2.44. The van der Waals surface area contributed by atoms with Crippen molar-refractivity contribution in [3.8, 4) is 0 Å². The van der Waals surface area contributed by atoms with E-state index in [9.17, 15) is 13.2 Å². The third kappa shape index (κ3) is 5.28. The first-order valence-corrected chi connectivity index (χ1v) is 9.84. The first-order valence-electron chi connectivity index (χ1n) is 8.36. The smallest absolute Gasteiger partial charge is 0.335 e. The third-order valence-corrected chi connectivity index (χ3v) is 5.32. The van der Waals surface area contributed by atoms with Crippen LogP contribution in [0, 0.1) is 6.92 Å². The standard InChI is InChI=1S/C20H23NO4S/c1-4-25-20(22)19(14-17-8-6-5-7-9-17)16(3)21-26(23,24)18-12-10-15(2)11-13-18/h5-14,16,21H,4H2,1-3H3/b19-14+/t16-/m1/s1. The van der Waals surface area contributed by atoms with Crippen LogP contribution in [-0.4, -0.2) is 27.0 Å². The number of rotatable bonds is 7. The van der Waals surface area contributed by atoms with E-state index in [0.717, 1.165) is 11.1 Å². The van der Waals surface area contributed by atoms with Gasteiger partial charge in [-0.15, -0.1) is 0 Å². The van der Waals surface area contributed by atoms with Crippen molar-refractivity contribution in [2.75, 3.05) is 6.61 Å². The quantitative estimate of drug-likeness (QED) is 0.597. The summed E-state index contributed by atoms with van der Waals surface area (Å²) in [5.74, 6) is -0.546. The van der Waals surface area contributed by atoms with Crippen LogP contribution in [0.25, 0.3) is 6.08 Å². The molecule has 2 rings (SSSR count). The largest absolute Gasteiger partial charge is 0.463 e. The van der Waals surface area contributed by atoms with E-state index in [-0.39, 0.29) is 17.1 Å². The third-order valence-electron chi connectivity index (χ3n) is 3.76. The van der Waals surface area contributed by atoms with Crippen molar-refractivity contribution in [3.05, 3.63) is 71.3 Å². The number of hydrogen-bond acceptors (Lipinski definition) is 4. The second-order valence-electron chi connectivity index (χ2n) is 5.89. The van der Waals surface area contributed by atoms with Gasteiger partial charge in [-0.05, 0) is 44.5 Å². The lowest BCUT2D eigenvalue weighted by atomic mass is 10.1. The monoisotopic (exact) mass is 373 g/mol. The summed E-state index contributed by atoms with van der Waals surface area (Å²) in [4.78, 5) is 12.5. The fourth-order valence-corrected chi connectivity index (χ4v) is 3.61. The van der Waals surface area contributed by atoms with Gasteiger partial charge in [0.15, 0.2) is 0 Å². The van der Waals surface area contributed by atoms with E-state index >= 15 is 0 Å². The van der Waals surface area contributed by atoms with Crippen LogP contribution in [0.3, 0.4) is 0 Å². The molecule has 0 radical (unpaired) electrons. The summed E-state index contributed by atoms with van der Waals surface area (Å²) in [6.07, 6.45) is 1.64. The molecule has 2 aromatic carbocycles. The number of aryl methyl sites for hydroxylation is 1. The highest BCUT2D eigenvalue weighted by Crippen LogP contribution is 2.16. The number of nitrogens with one attached hydrogen (secondary N) is 1. The minimum absolute atomic E-state index is 0.151. The maximum absolute atomic E-state index is 12.6. The van der Waals surface area contributed by atoms with Gasteiger partial charge in [-0.1, -0.05) is 48.0 Å². The maximum atomic E-state index is 12.6. The Morgan fingerprint density at radius 3 is 2.31 bits per heavy atom. The van der Waals surface area contributed by atoms with Crippen molar-refractivity contribution < 1.29 is 17.9 Å². The first-order chi connectivity index (χ1) is 12.3. The lowest BCUT2D eigenvalue weighted by molar-refractivity contribution is -0.138. The molecule has 6 heteroatoms. The molecule has 0 aliphatic carbocycles. The molecule has 0 spiro atoms. The molecule has 0 aliphatic rings. The second kappa shape index (κ2) is 8.78. The van der Waals surface area contributed by atoms with Gasteiger partial charge in [0.2, 0.25) is 10.0 Å². The molecule has 138 valence electrons. The van der Waals surface area contributed by atoms with Crippen molar-refractivity contribution >= 4 is 22.1 Å². The lowest BCUT2D eigenvalue weighted by Gasteiger charge is -2.17. The Kier molecular flexibility index (Phi) is 6.71. The van der Waals surface area contributed by atoms with Gasteiger partial charge >= 0.3 is 5.97 Å². The number of esters is 1. The van der Waals surface area contributed by atoms with Crippen molar-refractivity contribution in [1.29, 1.82) is 0 Å². The molecule has 0 saturated heterocycles. The summed E-state index contributed by atoms with van der Waals surface area (Å²) < 4.78 is 32.8. The fourth-order valence-electron chi connectivity index (χ4n) is 2.39. The number of hydrogen-bond donors (Lipinski definition) is 1. The molecule has 0 saturated carbocycles. The van der Waals surface area contributed by atoms with Crippen LogP contribution >= 0.6 is 0 Å². The van der Waals surface area contributed by atoms with Gasteiger partial charge in [0, 0.05) is 0 Å². The molecule has 1 atom stereocenters. The summed E-state index contributed by atoms with van der Waals surface area (Å²) in [6.45, 7) is 5.42. The molecule has 0 aromatic heterocycles. The molecule has 0 aliphatic heterocycles. The van der Waals surface area contributed by atoms with Crippen LogP contribution in [0.1, 0.15) is 25.0 Å². The molecule has 0 heterocycles. The Bertz CT molecular complexity index is 872. The Morgan fingerprint density at radius 1 is 1.12 bits per heavy atom. The number of sulfonamides is 1. The van der Waals surface area contributed by atoms with Gasteiger partial charge in [0.05, 0.1) is 23.1 Å². The number of carbonyl (C=O) groups is 1. The van der Waals surface area contributed by atoms with Crippen LogP contribution in [0.15, 0.2) is 65.1 Å². The van der Waals surface area contributed by atoms with Crippen LogP contribution in [0.2, 0.25) is 0 Å². The van der Waals surface area contributed by atoms with Crippen LogP contribution in [0.4, 0.5) is 0 Å². The molecule has 1 N–H and O–H groups in total. The number of benzene rings is 2. The van der Waals surface area contributed by atoms with Crippen LogP contribution in [0.5, 0.6) is 0 Å². The summed E-state index contributed by atoms with van der Waals surface area (Å²) in [7, 11) is -3.76. The lowest BCUT2D eigenvalue weighted by Crippen LogP contribution is -2.36. The average molecular weight is 373 g/mol. The molecule has 0 bridgehead atoms. The van der Waals surface area contributed by atoms with Gasteiger partial charge in [-0.3, -0.25) is 0 Å². The van der Waals surface area contributed by atoms with E-state index in [1.54, 1.807) is 32.1 Å². The van der Waals surface area contributed by atoms with Crippen molar-refractivity contribution in [3.63, 3.8) is 0 Å². The van der Waals surface area contributed by atoms with Gasteiger partial charge in [0.25, 0.3) is 0 Å². The van der Waals surface area contributed by atoms with Gasteiger partial charge in [0.1, 0.15) is 0 Å². The number of carbonyl (C=O) groups excluding carboxylic acids is 1. The van der Waals surface area contributed by atoms with Gasteiger partial charge in [-0.25, -0.2) is 17.9 Å². The zero-order chi connectivity index (χ0) is 19.2. The van der Waals surface area contributed by atoms with Crippen molar-refractivity contribution in [2.24, 2.45) is 0 Å². The van der Waals surface area contributed by atoms with E-state index in [0.29, 0.717) is 0 Å². The molecule has 5 nitrogen and oxygen atoms in total. The van der Waals surface area contributed by atoms with Crippen molar-refractivity contribution in [1.82, 2.24) is 4.72 Å². The summed E-state index contributed by atoms with van der Waals surface area (Å²) in [5.41, 5.74) is 2.00. The summed E-state index contributed by atoms with van der Waals surface area (Å²) in [5, 5.41) is 0. The van der Waals surface area contributed by atoms with E-state index in [1.807, 2.05) is 37.3 Å². The average Bonchev–Trinajstić information content (AvgIpc) is 2.60. The molecule has 0 unspecified atom stereocenters. The van der Waals surface area contributed by atoms with E-state index < -0.39 is 22.0 Å². The van der Waals surface area contributed by atoms with Crippen LogP contribution < -0.4 is 4.72 Å². The predicted octanol–water partition coefficient (Wildman–Crippen LogP) is 3.31. The Labute approximate surface area is 154 Å². The van der Waals surface area contributed by atoms with E-state index in [1.165, 1.54) is 12.1 Å². The van der Waals surface area contributed by atoms with Crippen LogP contribution in [-0.2, 0) is 19.6 Å². The second-order valence-corrected chi connectivity index (χ2v) is 7.60. The summed E-state index contributed by atoms with van der Waals surface area (Å²) in [6, 6.07) is 15.0. The first kappa shape index (κ1) is 19.9. The normalized spacial score (nSPS) is 13.3. The van der Waals surface area contributed by atoms with Crippen molar-refractivity contribution in [2.45, 2.75) is 31.7 Å². The van der Waals surface area contributed by atoms with Gasteiger partial charge in [-0.2, -0.15) is 0 Å². The highest BCUT2D eigenvalue weighted by Gasteiger charge is 2.24.